The highest BCUT2D eigenvalue weighted by Crippen LogP contribution is 2.26. The zero-order chi connectivity index (χ0) is 9.30. The molecule has 1 nitrogen and oxygen atoms in total. The Morgan fingerprint density at radius 1 is 1.33 bits per heavy atom. The summed E-state index contributed by atoms with van der Waals surface area (Å²) >= 11 is 5.97. The van der Waals surface area contributed by atoms with E-state index in [1.807, 2.05) is 13.8 Å². The summed E-state index contributed by atoms with van der Waals surface area (Å²) in [6, 6.07) is 0. The van der Waals surface area contributed by atoms with Gasteiger partial charge in [-0.1, -0.05) is 25.4 Å². The molecule has 0 fully saturated rings. The third-order valence-electron chi connectivity index (χ3n) is 2.10. The average Bonchev–Trinajstić information content (AvgIpc) is 1.97. The molecule has 0 spiro atoms. The van der Waals surface area contributed by atoms with Gasteiger partial charge in [-0.2, -0.15) is 0 Å². The molecule has 1 aromatic heterocycles. The van der Waals surface area contributed by atoms with Gasteiger partial charge in [0.2, 0.25) is 0 Å². The summed E-state index contributed by atoms with van der Waals surface area (Å²) in [6.07, 6.45) is 1.72. The molecule has 0 aromatic carbocycles. The van der Waals surface area contributed by atoms with Crippen LogP contribution in [0.1, 0.15) is 36.6 Å². The third-order valence-corrected chi connectivity index (χ3v) is 2.48. The number of aryl methyl sites for hydroxylation is 1. The number of rotatable bonds is 1. The predicted molar refractivity (Wildman–Crippen MR) is 52.8 cm³/mol. The molecule has 1 rings (SSSR count). The number of aromatic nitrogens is 1. The van der Waals surface area contributed by atoms with Gasteiger partial charge >= 0.3 is 0 Å². The SMILES string of the molecule is Cc1ncc(Cl)c(C)c1C(C)C. The molecule has 1 aromatic rings. The van der Waals surface area contributed by atoms with E-state index in [1.54, 1.807) is 6.20 Å². The average molecular weight is 184 g/mol. The second kappa shape index (κ2) is 3.44. The highest BCUT2D eigenvalue weighted by Gasteiger charge is 2.10. The first-order valence-corrected chi connectivity index (χ1v) is 4.53. The molecular formula is C10H14ClN. The maximum absolute atomic E-state index is 5.97. The van der Waals surface area contributed by atoms with Crippen LogP contribution in [0.15, 0.2) is 6.20 Å². The van der Waals surface area contributed by atoms with Crippen molar-refractivity contribution >= 4 is 11.6 Å². The maximum atomic E-state index is 5.97. The summed E-state index contributed by atoms with van der Waals surface area (Å²) in [6.45, 7) is 8.39. The Morgan fingerprint density at radius 2 is 1.92 bits per heavy atom. The lowest BCUT2D eigenvalue weighted by Crippen LogP contribution is -1.99. The van der Waals surface area contributed by atoms with Gasteiger partial charge in [-0.05, 0) is 30.9 Å². The number of hydrogen-bond acceptors (Lipinski definition) is 1. The van der Waals surface area contributed by atoms with Crippen LogP contribution in [0.4, 0.5) is 0 Å². The fourth-order valence-electron chi connectivity index (χ4n) is 1.57. The minimum Gasteiger partial charge on any atom is -0.260 e. The van der Waals surface area contributed by atoms with E-state index in [0.717, 1.165) is 10.7 Å². The molecule has 1 heterocycles. The second-order valence-electron chi connectivity index (χ2n) is 3.38. The van der Waals surface area contributed by atoms with Gasteiger partial charge < -0.3 is 0 Å². The minimum absolute atomic E-state index is 0.496. The van der Waals surface area contributed by atoms with Gasteiger partial charge in [-0.15, -0.1) is 0 Å². The summed E-state index contributed by atoms with van der Waals surface area (Å²) in [7, 11) is 0. The Morgan fingerprint density at radius 3 is 2.33 bits per heavy atom. The van der Waals surface area contributed by atoms with Gasteiger partial charge in [-0.3, -0.25) is 4.98 Å². The normalized spacial score (nSPS) is 10.8. The number of halogens is 1. The Kier molecular flexibility index (Phi) is 2.73. The molecule has 66 valence electrons. The van der Waals surface area contributed by atoms with Crippen molar-refractivity contribution in [1.29, 1.82) is 0 Å². The van der Waals surface area contributed by atoms with Crippen LogP contribution in [-0.4, -0.2) is 4.98 Å². The summed E-state index contributed by atoms with van der Waals surface area (Å²) in [4.78, 5) is 4.23. The minimum atomic E-state index is 0.496. The monoisotopic (exact) mass is 183 g/mol. The number of pyridine rings is 1. The lowest BCUT2D eigenvalue weighted by molar-refractivity contribution is 0.832. The van der Waals surface area contributed by atoms with Crippen LogP contribution in [0.2, 0.25) is 5.02 Å². The van der Waals surface area contributed by atoms with Crippen molar-refractivity contribution in [3.63, 3.8) is 0 Å². The van der Waals surface area contributed by atoms with E-state index in [-0.39, 0.29) is 0 Å². The van der Waals surface area contributed by atoms with Gasteiger partial charge in [0, 0.05) is 11.9 Å². The summed E-state index contributed by atoms with van der Waals surface area (Å²) in [5.74, 6) is 0.496. The van der Waals surface area contributed by atoms with Crippen molar-refractivity contribution in [3.05, 3.63) is 28.0 Å². The van der Waals surface area contributed by atoms with E-state index >= 15 is 0 Å². The van der Waals surface area contributed by atoms with Crippen molar-refractivity contribution < 1.29 is 0 Å². The van der Waals surface area contributed by atoms with Crippen molar-refractivity contribution in [2.45, 2.75) is 33.6 Å². The largest absolute Gasteiger partial charge is 0.260 e. The molecule has 0 radical (unpaired) electrons. The molecule has 0 amide bonds. The molecule has 12 heavy (non-hydrogen) atoms. The van der Waals surface area contributed by atoms with Gasteiger partial charge in [0.25, 0.3) is 0 Å². The highest BCUT2D eigenvalue weighted by atomic mass is 35.5. The Balaban J connectivity index is 3.33. The smallest absolute Gasteiger partial charge is 0.0621 e. The molecular weight excluding hydrogens is 170 g/mol. The standard InChI is InChI=1S/C10H14ClN/c1-6(2)10-7(3)9(11)5-12-8(10)4/h5-6H,1-4H3. The molecule has 0 aliphatic rings. The summed E-state index contributed by atoms with van der Waals surface area (Å²) in [5.41, 5.74) is 3.54. The Labute approximate surface area is 78.8 Å². The van der Waals surface area contributed by atoms with E-state index in [9.17, 15) is 0 Å². The fourth-order valence-corrected chi connectivity index (χ4v) is 1.72. The lowest BCUT2D eigenvalue weighted by Gasteiger charge is -2.13. The molecule has 0 bridgehead atoms. The predicted octanol–water partition coefficient (Wildman–Crippen LogP) is 3.48. The van der Waals surface area contributed by atoms with E-state index < -0.39 is 0 Å². The van der Waals surface area contributed by atoms with E-state index in [4.69, 9.17) is 11.6 Å². The van der Waals surface area contributed by atoms with Gasteiger partial charge in [0.15, 0.2) is 0 Å². The number of hydrogen-bond donors (Lipinski definition) is 0. The van der Waals surface area contributed by atoms with Crippen LogP contribution in [-0.2, 0) is 0 Å². The quantitative estimate of drug-likeness (QED) is 0.650. The molecule has 0 atom stereocenters. The molecule has 0 saturated carbocycles. The van der Waals surface area contributed by atoms with Crippen LogP contribution in [0, 0.1) is 13.8 Å². The topological polar surface area (TPSA) is 12.9 Å². The molecule has 2 heteroatoms. The van der Waals surface area contributed by atoms with Crippen molar-refractivity contribution in [1.82, 2.24) is 4.98 Å². The second-order valence-corrected chi connectivity index (χ2v) is 3.79. The van der Waals surface area contributed by atoms with E-state index in [1.165, 1.54) is 11.1 Å². The van der Waals surface area contributed by atoms with Crippen LogP contribution in [0.25, 0.3) is 0 Å². The first-order valence-electron chi connectivity index (χ1n) is 4.15. The van der Waals surface area contributed by atoms with Crippen molar-refractivity contribution in [2.75, 3.05) is 0 Å². The molecule has 0 aliphatic heterocycles. The van der Waals surface area contributed by atoms with E-state index in [0.29, 0.717) is 5.92 Å². The van der Waals surface area contributed by atoms with Gasteiger partial charge in [0.05, 0.1) is 5.02 Å². The van der Waals surface area contributed by atoms with Crippen molar-refractivity contribution in [2.24, 2.45) is 0 Å². The lowest BCUT2D eigenvalue weighted by atomic mass is 9.97. The van der Waals surface area contributed by atoms with E-state index in [2.05, 4.69) is 18.8 Å². The van der Waals surface area contributed by atoms with Crippen LogP contribution < -0.4 is 0 Å². The molecule has 0 N–H and O–H groups in total. The molecule has 0 saturated heterocycles. The van der Waals surface area contributed by atoms with Gasteiger partial charge in [0.1, 0.15) is 0 Å². The first-order chi connectivity index (χ1) is 5.54. The van der Waals surface area contributed by atoms with Crippen LogP contribution >= 0.6 is 11.6 Å². The first kappa shape index (κ1) is 9.53. The summed E-state index contributed by atoms with van der Waals surface area (Å²) < 4.78 is 0. The number of nitrogens with zero attached hydrogens (tertiary/aromatic N) is 1. The fraction of sp³-hybridized carbons (Fsp3) is 0.500. The van der Waals surface area contributed by atoms with Crippen LogP contribution in [0.5, 0.6) is 0 Å². The Hall–Kier alpha value is -0.560. The summed E-state index contributed by atoms with van der Waals surface area (Å²) in [5, 5.41) is 0.768. The highest BCUT2D eigenvalue weighted by molar-refractivity contribution is 6.31. The molecule has 0 aliphatic carbocycles. The van der Waals surface area contributed by atoms with Crippen LogP contribution in [0.3, 0.4) is 0 Å². The van der Waals surface area contributed by atoms with Gasteiger partial charge in [-0.25, -0.2) is 0 Å². The zero-order valence-electron chi connectivity index (χ0n) is 7.98. The maximum Gasteiger partial charge on any atom is 0.0621 e. The Bertz CT molecular complexity index is 292. The zero-order valence-corrected chi connectivity index (χ0v) is 8.74. The molecule has 0 unspecified atom stereocenters. The third kappa shape index (κ3) is 1.61. The van der Waals surface area contributed by atoms with Crippen molar-refractivity contribution in [3.8, 4) is 0 Å².